The summed E-state index contributed by atoms with van der Waals surface area (Å²) < 4.78 is 12.9. The van der Waals surface area contributed by atoms with E-state index in [0.29, 0.717) is 19.0 Å². The first-order valence-corrected chi connectivity index (χ1v) is 7.13. The van der Waals surface area contributed by atoms with Crippen molar-refractivity contribution in [1.29, 1.82) is 0 Å². The number of carbonyl (C=O) groups is 1. The second-order valence-corrected chi connectivity index (χ2v) is 5.44. The minimum Gasteiger partial charge on any atom is -0.482 e. The SMILES string of the molecule is Cc1cc(CC(=O)N[C@H]2COC[C@H]2Oc2cnn(C)c2)n[nH]1. The molecular formula is C14H19N5O3. The number of nitrogens with zero attached hydrogens (tertiary/aromatic N) is 3. The molecule has 0 spiro atoms. The Morgan fingerprint density at radius 1 is 1.59 bits per heavy atom. The molecular weight excluding hydrogens is 286 g/mol. The van der Waals surface area contributed by atoms with Crippen LogP contribution in [0.5, 0.6) is 5.75 Å². The molecule has 2 aromatic rings. The maximum absolute atomic E-state index is 12.1. The second kappa shape index (κ2) is 6.18. The van der Waals surface area contributed by atoms with E-state index in [-0.39, 0.29) is 24.5 Å². The zero-order valence-electron chi connectivity index (χ0n) is 12.6. The summed E-state index contributed by atoms with van der Waals surface area (Å²) in [5.41, 5.74) is 1.66. The summed E-state index contributed by atoms with van der Waals surface area (Å²) in [6, 6.07) is 1.68. The van der Waals surface area contributed by atoms with Crippen LogP contribution in [0, 0.1) is 6.92 Å². The average molecular weight is 305 g/mol. The van der Waals surface area contributed by atoms with Gasteiger partial charge in [-0.2, -0.15) is 10.2 Å². The van der Waals surface area contributed by atoms with E-state index in [1.165, 1.54) is 0 Å². The zero-order chi connectivity index (χ0) is 15.5. The first-order valence-electron chi connectivity index (χ1n) is 7.13. The van der Waals surface area contributed by atoms with Crippen molar-refractivity contribution in [3.63, 3.8) is 0 Å². The summed E-state index contributed by atoms with van der Waals surface area (Å²) in [7, 11) is 1.82. The van der Waals surface area contributed by atoms with E-state index in [9.17, 15) is 4.79 Å². The van der Waals surface area contributed by atoms with Gasteiger partial charge in [0.25, 0.3) is 0 Å². The number of ether oxygens (including phenoxy) is 2. The van der Waals surface area contributed by atoms with E-state index in [1.54, 1.807) is 17.1 Å². The Kier molecular flexibility index (Phi) is 4.10. The Bertz CT molecular complexity index is 650. The monoisotopic (exact) mass is 305 g/mol. The third-order valence-electron chi connectivity index (χ3n) is 3.44. The van der Waals surface area contributed by atoms with Crippen molar-refractivity contribution in [1.82, 2.24) is 25.3 Å². The number of nitrogens with one attached hydrogen (secondary N) is 2. The Morgan fingerprint density at radius 3 is 3.14 bits per heavy atom. The van der Waals surface area contributed by atoms with Gasteiger partial charge in [-0.25, -0.2) is 0 Å². The van der Waals surface area contributed by atoms with Gasteiger partial charge in [-0.3, -0.25) is 14.6 Å². The van der Waals surface area contributed by atoms with E-state index < -0.39 is 0 Å². The molecule has 1 amide bonds. The molecule has 1 aliphatic rings. The molecule has 118 valence electrons. The molecule has 22 heavy (non-hydrogen) atoms. The molecule has 2 aromatic heterocycles. The first kappa shape index (κ1) is 14.6. The van der Waals surface area contributed by atoms with Crippen LogP contribution in [0.2, 0.25) is 0 Å². The van der Waals surface area contributed by atoms with Gasteiger partial charge >= 0.3 is 0 Å². The number of aryl methyl sites for hydroxylation is 2. The highest BCUT2D eigenvalue weighted by molar-refractivity contribution is 5.78. The molecule has 0 radical (unpaired) electrons. The van der Waals surface area contributed by atoms with Gasteiger partial charge in [0.1, 0.15) is 6.10 Å². The summed E-state index contributed by atoms with van der Waals surface area (Å²) in [5, 5.41) is 13.9. The Morgan fingerprint density at radius 2 is 2.45 bits per heavy atom. The molecule has 3 heterocycles. The maximum atomic E-state index is 12.1. The van der Waals surface area contributed by atoms with E-state index in [0.717, 1.165) is 11.4 Å². The van der Waals surface area contributed by atoms with Crippen molar-refractivity contribution in [3.8, 4) is 5.75 Å². The predicted octanol–water partition coefficient (Wildman–Crippen LogP) is -0.0433. The smallest absolute Gasteiger partial charge is 0.226 e. The number of hydrogen-bond acceptors (Lipinski definition) is 5. The molecule has 8 heteroatoms. The van der Waals surface area contributed by atoms with Crippen molar-refractivity contribution >= 4 is 5.91 Å². The van der Waals surface area contributed by atoms with Crippen LogP contribution in [0.15, 0.2) is 18.5 Å². The number of amides is 1. The van der Waals surface area contributed by atoms with Crippen LogP contribution < -0.4 is 10.1 Å². The number of hydrogen-bond donors (Lipinski definition) is 2. The van der Waals surface area contributed by atoms with Gasteiger partial charge in [-0.05, 0) is 13.0 Å². The van der Waals surface area contributed by atoms with Gasteiger partial charge in [-0.15, -0.1) is 0 Å². The third-order valence-corrected chi connectivity index (χ3v) is 3.44. The van der Waals surface area contributed by atoms with Gasteiger partial charge in [0.05, 0.1) is 43.8 Å². The molecule has 1 fully saturated rings. The largest absolute Gasteiger partial charge is 0.482 e. The third kappa shape index (κ3) is 3.45. The highest BCUT2D eigenvalue weighted by Gasteiger charge is 2.31. The fourth-order valence-electron chi connectivity index (χ4n) is 2.41. The molecule has 0 saturated carbocycles. The molecule has 1 saturated heterocycles. The molecule has 1 aliphatic heterocycles. The van der Waals surface area contributed by atoms with Crippen molar-refractivity contribution < 1.29 is 14.3 Å². The van der Waals surface area contributed by atoms with Crippen molar-refractivity contribution in [2.75, 3.05) is 13.2 Å². The number of carbonyl (C=O) groups excluding carboxylic acids is 1. The Hall–Kier alpha value is -2.35. The highest BCUT2D eigenvalue weighted by Crippen LogP contribution is 2.16. The van der Waals surface area contributed by atoms with Crippen LogP contribution >= 0.6 is 0 Å². The van der Waals surface area contributed by atoms with Crippen LogP contribution in [0.4, 0.5) is 0 Å². The van der Waals surface area contributed by atoms with Crippen LogP contribution in [-0.4, -0.2) is 51.2 Å². The van der Waals surface area contributed by atoms with Crippen molar-refractivity contribution in [2.24, 2.45) is 7.05 Å². The summed E-state index contributed by atoms with van der Waals surface area (Å²) in [4.78, 5) is 12.1. The lowest BCUT2D eigenvalue weighted by atomic mass is 10.2. The quantitative estimate of drug-likeness (QED) is 0.808. The molecule has 3 rings (SSSR count). The summed E-state index contributed by atoms with van der Waals surface area (Å²) in [6.07, 6.45) is 3.45. The molecule has 2 atom stereocenters. The van der Waals surface area contributed by atoms with Gasteiger partial charge in [-0.1, -0.05) is 0 Å². The van der Waals surface area contributed by atoms with E-state index in [4.69, 9.17) is 9.47 Å². The first-order chi connectivity index (χ1) is 10.6. The van der Waals surface area contributed by atoms with Crippen LogP contribution in [0.25, 0.3) is 0 Å². The summed E-state index contributed by atoms with van der Waals surface area (Å²) >= 11 is 0. The Balaban J connectivity index is 1.55. The lowest BCUT2D eigenvalue weighted by molar-refractivity contribution is -0.121. The van der Waals surface area contributed by atoms with E-state index in [1.807, 2.05) is 20.0 Å². The van der Waals surface area contributed by atoms with Crippen LogP contribution in [-0.2, 0) is 23.0 Å². The predicted molar refractivity (Wildman–Crippen MR) is 77.4 cm³/mol. The highest BCUT2D eigenvalue weighted by atomic mass is 16.5. The minimum absolute atomic E-state index is 0.0956. The normalized spacial score (nSPS) is 21.0. The average Bonchev–Trinajstić information content (AvgIpc) is 3.15. The molecule has 0 aliphatic carbocycles. The second-order valence-electron chi connectivity index (χ2n) is 5.44. The molecule has 2 N–H and O–H groups in total. The Labute approximate surface area is 127 Å². The van der Waals surface area contributed by atoms with Gasteiger partial charge < -0.3 is 14.8 Å². The number of aromatic nitrogens is 4. The van der Waals surface area contributed by atoms with Gasteiger partial charge in [0.15, 0.2) is 5.75 Å². The lowest BCUT2D eigenvalue weighted by Crippen LogP contribution is -2.45. The fraction of sp³-hybridized carbons (Fsp3) is 0.500. The number of aromatic amines is 1. The number of H-pyrrole nitrogens is 1. The fourth-order valence-corrected chi connectivity index (χ4v) is 2.41. The molecule has 0 unspecified atom stereocenters. The van der Waals surface area contributed by atoms with E-state index in [2.05, 4.69) is 20.6 Å². The van der Waals surface area contributed by atoms with Crippen LogP contribution in [0.1, 0.15) is 11.4 Å². The van der Waals surface area contributed by atoms with E-state index >= 15 is 0 Å². The zero-order valence-corrected chi connectivity index (χ0v) is 12.6. The van der Waals surface area contributed by atoms with Crippen molar-refractivity contribution in [2.45, 2.75) is 25.5 Å². The molecule has 0 bridgehead atoms. The molecule has 0 aromatic carbocycles. The summed E-state index contributed by atoms with van der Waals surface area (Å²) in [5.74, 6) is 0.571. The minimum atomic E-state index is -0.214. The summed E-state index contributed by atoms with van der Waals surface area (Å²) in [6.45, 7) is 2.79. The topological polar surface area (TPSA) is 94.1 Å². The molecule has 8 nitrogen and oxygen atoms in total. The maximum Gasteiger partial charge on any atom is 0.226 e. The van der Waals surface area contributed by atoms with Crippen LogP contribution in [0.3, 0.4) is 0 Å². The number of rotatable bonds is 5. The lowest BCUT2D eigenvalue weighted by Gasteiger charge is -2.19. The van der Waals surface area contributed by atoms with Crippen molar-refractivity contribution in [3.05, 3.63) is 29.8 Å². The van der Waals surface area contributed by atoms with Gasteiger partial charge in [0.2, 0.25) is 5.91 Å². The standard InChI is InChI=1S/C14H19N5O3/c1-9-3-10(18-17-9)4-14(20)16-12-7-21-8-13(12)22-11-5-15-19(2)6-11/h3,5-6,12-13H,4,7-8H2,1-2H3,(H,16,20)(H,17,18)/t12-,13+/m0/s1. The van der Waals surface area contributed by atoms with Gasteiger partial charge in [0, 0.05) is 12.7 Å².